The molecule has 8 heteroatoms. The van der Waals surface area contributed by atoms with Crippen LogP contribution in [0.15, 0.2) is 51.9 Å². The van der Waals surface area contributed by atoms with Gasteiger partial charge in [-0.1, -0.05) is 17.3 Å². The molecule has 1 atom stereocenters. The van der Waals surface area contributed by atoms with Crippen molar-refractivity contribution in [2.45, 2.75) is 37.1 Å². The van der Waals surface area contributed by atoms with E-state index in [1.807, 2.05) is 13.0 Å². The van der Waals surface area contributed by atoms with Crippen molar-refractivity contribution in [3.8, 4) is 0 Å². The molecule has 2 heterocycles. The van der Waals surface area contributed by atoms with E-state index in [9.17, 15) is 12.8 Å². The van der Waals surface area contributed by atoms with Gasteiger partial charge in [0, 0.05) is 24.0 Å². The van der Waals surface area contributed by atoms with Gasteiger partial charge in [-0.3, -0.25) is 0 Å². The zero-order chi connectivity index (χ0) is 20.4. The van der Waals surface area contributed by atoms with Crippen LogP contribution in [0.5, 0.6) is 0 Å². The summed E-state index contributed by atoms with van der Waals surface area (Å²) in [6.07, 6.45) is 2.39. The highest BCUT2D eigenvalue weighted by Crippen LogP contribution is 2.21. The van der Waals surface area contributed by atoms with E-state index in [1.165, 1.54) is 12.1 Å². The van der Waals surface area contributed by atoms with Crippen LogP contribution in [0.2, 0.25) is 0 Å². The van der Waals surface area contributed by atoms with Gasteiger partial charge in [-0.2, -0.15) is 0 Å². The lowest BCUT2D eigenvalue weighted by atomic mass is 10.1. The number of fused-ring (bicyclic) bond motifs is 1. The van der Waals surface area contributed by atoms with Crippen molar-refractivity contribution < 1.29 is 17.3 Å². The van der Waals surface area contributed by atoms with Crippen molar-refractivity contribution in [3.05, 3.63) is 59.5 Å². The molecule has 1 saturated heterocycles. The smallest absolute Gasteiger partial charge is 0.240 e. The van der Waals surface area contributed by atoms with Gasteiger partial charge in [-0.05, 0) is 69.1 Å². The summed E-state index contributed by atoms with van der Waals surface area (Å²) in [6.45, 7) is 4.27. The highest BCUT2D eigenvalue weighted by Gasteiger charge is 2.27. The summed E-state index contributed by atoms with van der Waals surface area (Å²) in [5, 5.41) is 4.90. The second-order valence-electron chi connectivity index (χ2n) is 7.60. The predicted molar refractivity (Wildman–Crippen MR) is 109 cm³/mol. The summed E-state index contributed by atoms with van der Waals surface area (Å²) in [5.41, 5.74) is 2.21. The third-order valence-electron chi connectivity index (χ3n) is 5.29. The molecule has 0 radical (unpaired) electrons. The highest BCUT2D eigenvalue weighted by molar-refractivity contribution is 7.89. The van der Waals surface area contributed by atoms with E-state index >= 15 is 0 Å². The van der Waals surface area contributed by atoms with Gasteiger partial charge in [0.15, 0.2) is 5.58 Å². The Labute approximate surface area is 169 Å². The standard InChI is InChI=1S/C21H24FN3O3S/c1-15-4-2-5-18(12-15)29(26,27)24-17-9-11-25(14-17)10-3-6-20-19-8-7-16(22)13-21(19)28-23-20/h2,4-5,7-8,12-13,17,24H,3,6,9-11,14H2,1H3. The molecule has 0 spiro atoms. The summed E-state index contributed by atoms with van der Waals surface area (Å²) < 4.78 is 46.4. The first-order chi connectivity index (χ1) is 13.9. The van der Waals surface area contributed by atoms with Crippen LogP contribution in [0.4, 0.5) is 4.39 Å². The Morgan fingerprint density at radius 3 is 2.97 bits per heavy atom. The third kappa shape index (κ3) is 4.66. The number of nitrogens with one attached hydrogen (secondary N) is 1. The summed E-state index contributed by atoms with van der Waals surface area (Å²) in [5.74, 6) is -0.337. The number of rotatable bonds is 7. The fourth-order valence-corrected chi connectivity index (χ4v) is 5.18. The molecule has 2 aromatic carbocycles. The van der Waals surface area contributed by atoms with Gasteiger partial charge in [0.2, 0.25) is 10.0 Å². The molecule has 0 bridgehead atoms. The Balaban J connectivity index is 1.29. The number of hydrogen-bond donors (Lipinski definition) is 1. The van der Waals surface area contributed by atoms with Gasteiger partial charge in [0.1, 0.15) is 5.82 Å². The molecule has 1 aromatic heterocycles. The molecule has 154 valence electrons. The number of benzene rings is 2. The van der Waals surface area contributed by atoms with Crippen molar-refractivity contribution in [3.63, 3.8) is 0 Å². The van der Waals surface area contributed by atoms with Crippen LogP contribution in [0.3, 0.4) is 0 Å². The zero-order valence-electron chi connectivity index (χ0n) is 16.3. The number of aryl methyl sites for hydroxylation is 2. The summed E-state index contributed by atoms with van der Waals surface area (Å²) >= 11 is 0. The van der Waals surface area contributed by atoms with E-state index < -0.39 is 10.0 Å². The molecule has 0 amide bonds. The molecule has 1 aliphatic rings. The molecule has 4 rings (SSSR count). The Morgan fingerprint density at radius 2 is 2.14 bits per heavy atom. The topological polar surface area (TPSA) is 75.4 Å². The monoisotopic (exact) mass is 417 g/mol. The van der Waals surface area contributed by atoms with E-state index in [1.54, 1.807) is 24.3 Å². The van der Waals surface area contributed by atoms with Crippen LogP contribution in [0.25, 0.3) is 11.0 Å². The van der Waals surface area contributed by atoms with Crippen LogP contribution >= 0.6 is 0 Å². The molecule has 3 aromatic rings. The van der Waals surface area contributed by atoms with Crippen molar-refractivity contribution in [1.29, 1.82) is 0 Å². The van der Waals surface area contributed by atoms with Crippen molar-refractivity contribution >= 4 is 21.0 Å². The molecule has 29 heavy (non-hydrogen) atoms. The molecule has 6 nitrogen and oxygen atoms in total. The van der Waals surface area contributed by atoms with Gasteiger partial charge in [-0.25, -0.2) is 17.5 Å². The zero-order valence-corrected chi connectivity index (χ0v) is 17.1. The van der Waals surface area contributed by atoms with Gasteiger partial charge >= 0.3 is 0 Å². The van der Waals surface area contributed by atoms with Crippen LogP contribution in [0.1, 0.15) is 24.1 Å². The van der Waals surface area contributed by atoms with Gasteiger partial charge in [0.25, 0.3) is 0 Å². The quantitative estimate of drug-likeness (QED) is 0.639. The number of sulfonamides is 1. The number of nitrogens with zero attached hydrogens (tertiary/aromatic N) is 2. The van der Waals surface area contributed by atoms with Gasteiger partial charge in [0.05, 0.1) is 10.6 Å². The fourth-order valence-electron chi connectivity index (χ4n) is 3.82. The molecule has 1 unspecified atom stereocenters. The fraction of sp³-hybridized carbons (Fsp3) is 0.381. The van der Waals surface area contributed by atoms with Crippen LogP contribution < -0.4 is 4.72 Å². The minimum atomic E-state index is -3.50. The van der Waals surface area contributed by atoms with E-state index in [0.717, 1.165) is 49.0 Å². The van der Waals surface area contributed by atoms with E-state index in [0.29, 0.717) is 17.0 Å². The maximum atomic E-state index is 13.2. The molecular weight excluding hydrogens is 393 g/mol. The lowest BCUT2D eigenvalue weighted by Gasteiger charge is -2.16. The average Bonchev–Trinajstić information content (AvgIpc) is 3.28. The largest absolute Gasteiger partial charge is 0.356 e. The summed E-state index contributed by atoms with van der Waals surface area (Å²) in [6, 6.07) is 11.3. The second kappa shape index (κ2) is 8.22. The van der Waals surface area contributed by atoms with Crippen LogP contribution in [-0.2, 0) is 16.4 Å². The molecule has 0 saturated carbocycles. The van der Waals surface area contributed by atoms with Crippen molar-refractivity contribution in [2.75, 3.05) is 19.6 Å². The Kier molecular flexibility index (Phi) is 5.67. The lowest BCUT2D eigenvalue weighted by molar-refractivity contribution is 0.326. The summed E-state index contributed by atoms with van der Waals surface area (Å²) in [7, 11) is -3.50. The number of aromatic nitrogens is 1. The molecule has 1 aliphatic heterocycles. The normalized spacial score (nSPS) is 17.9. The highest BCUT2D eigenvalue weighted by atomic mass is 32.2. The van der Waals surface area contributed by atoms with E-state index in [2.05, 4.69) is 14.8 Å². The number of hydrogen-bond acceptors (Lipinski definition) is 5. The molecule has 1 fully saturated rings. The first-order valence-corrected chi connectivity index (χ1v) is 11.2. The van der Waals surface area contributed by atoms with E-state index in [-0.39, 0.29) is 11.9 Å². The number of likely N-dealkylation sites (tertiary alicyclic amines) is 1. The maximum absolute atomic E-state index is 13.2. The molecule has 0 aliphatic carbocycles. The van der Waals surface area contributed by atoms with Crippen molar-refractivity contribution in [1.82, 2.24) is 14.8 Å². The predicted octanol–water partition coefficient (Wildman–Crippen LogP) is 3.26. The maximum Gasteiger partial charge on any atom is 0.240 e. The summed E-state index contributed by atoms with van der Waals surface area (Å²) in [4.78, 5) is 2.57. The third-order valence-corrected chi connectivity index (χ3v) is 6.81. The first-order valence-electron chi connectivity index (χ1n) is 9.76. The number of halogens is 1. The molecular formula is C21H24FN3O3S. The second-order valence-corrected chi connectivity index (χ2v) is 9.31. The van der Waals surface area contributed by atoms with Crippen LogP contribution in [0, 0.1) is 12.7 Å². The Morgan fingerprint density at radius 1 is 1.28 bits per heavy atom. The van der Waals surface area contributed by atoms with Crippen LogP contribution in [-0.4, -0.2) is 44.2 Å². The Bertz CT molecular complexity index is 1110. The lowest BCUT2D eigenvalue weighted by Crippen LogP contribution is -2.37. The SMILES string of the molecule is Cc1cccc(S(=O)(=O)NC2CCN(CCCc3noc4cc(F)ccc34)C2)c1. The first kappa shape index (κ1) is 20.0. The van der Waals surface area contributed by atoms with Crippen molar-refractivity contribution in [2.24, 2.45) is 0 Å². The Hall–Kier alpha value is -2.29. The van der Waals surface area contributed by atoms with Gasteiger partial charge in [-0.15, -0.1) is 0 Å². The molecule has 1 N–H and O–H groups in total. The minimum Gasteiger partial charge on any atom is -0.356 e. The van der Waals surface area contributed by atoms with E-state index in [4.69, 9.17) is 4.52 Å². The minimum absolute atomic E-state index is 0.0867. The average molecular weight is 418 g/mol. The van der Waals surface area contributed by atoms with Gasteiger partial charge < -0.3 is 9.42 Å².